The maximum atomic E-state index is 13.3. The second-order valence-electron chi connectivity index (χ2n) is 6.40. The average Bonchev–Trinajstić information content (AvgIpc) is 2.87. The number of hydrogen-bond acceptors (Lipinski definition) is 3. The summed E-state index contributed by atoms with van der Waals surface area (Å²) in [6, 6.07) is 10.8. The Balaban J connectivity index is 1.96. The fourth-order valence-electron chi connectivity index (χ4n) is 3.34. The van der Waals surface area contributed by atoms with E-state index in [9.17, 15) is 14.0 Å². The van der Waals surface area contributed by atoms with Crippen LogP contribution < -0.4 is 10.1 Å². The fraction of sp³-hybridized carbons (Fsp3) is 0.300. The van der Waals surface area contributed by atoms with Crippen LogP contribution >= 0.6 is 0 Å². The van der Waals surface area contributed by atoms with Crippen LogP contribution in [0, 0.1) is 12.7 Å². The first kappa shape index (κ1) is 17.9. The Labute approximate surface area is 151 Å². The highest BCUT2D eigenvalue weighted by atomic mass is 19.1. The van der Waals surface area contributed by atoms with Crippen LogP contribution in [0.4, 0.5) is 9.18 Å². The van der Waals surface area contributed by atoms with Crippen molar-refractivity contribution in [3.05, 3.63) is 65.0 Å². The summed E-state index contributed by atoms with van der Waals surface area (Å²) in [6.07, 6.45) is 0.366. The number of nitrogens with zero attached hydrogens (tertiary/aromatic N) is 1. The Morgan fingerprint density at radius 2 is 1.85 bits per heavy atom. The topological polar surface area (TPSA) is 58.6 Å². The molecule has 0 saturated carbocycles. The van der Waals surface area contributed by atoms with E-state index in [1.165, 1.54) is 29.2 Å². The van der Waals surface area contributed by atoms with Crippen molar-refractivity contribution in [2.45, 2.75) is 32.4 Å². The van der Waals surface area contributed by atoms with Crippen LogP contribution in [0.2, 0.25) is 0 Å². The lowest BCUT2D eigenvalue weighted by Gasteiger charge is -2.26. The van der Waals surface area contributed by atoms with Crippen LogP contribution in [0.15, 0.2) is 42.5 Å². The van der Waals surface area contributed by atoms with Gasteiger partial charge >= 0.3 is 6.03 Å². The first-order chi connectivity index (χ1) is 12.4. The lowest BCUT2D eigenvalue weighted by atomic mass is 9.87. The van der Waals surface area contributed by atoms with Crippen LogP contribution in [-0.4, -0.2) is 23.9 Å². The van der Waals surface area contributed by atoms with E-state index in [1.54, 1.807) is 7.11 Å². The van der Waals surface area contributed by atoms with Gasteiger partial charge in [0.2, 0.25) is 0 Å². The van der Waals surface area contributed by atoms with Crippen LogP contribution in [-0.2, 0) is 16.9 Å². The van der Waals surface area contributed by atoms with Gasteiger partial charge in [-0.25, -0.2) is 9.18 Å². The molecular formula is C20H21FN2O3. The molecule has 26 heavy (non-hydrogen) atoms. The van der Waals surface area contributed by atoms with Crippen molar-refractivity contribution < 1.29 is 18.7 Å². The third kappa shape index (κ3) is 2.92. The van der Waals surface area contributed by atoms with Gasteiger partial charge in [0.15, 0.2) is 0 Å². The standard InChI is InChI=1S/C20H21FN2O3/c1-4-20(15-6-8-16(21)9-7-15)18(24)23(19(25)22-20)12-14-11-13(2)5-10-17(14)26-3/h5-11H,4,12H2,1-3H3,(H,22,25). The van der Waals surface area contributed by atoms with E-state index in [4.69, 9.17) is 4.74 Å². The lowest BCUT2D eigenvalue weighted by molar-refractivity contribution is -0.132. The summed E-state index contributed by atoms with van der Waals surface area (Å²) in [6.45, 7) is 3.86. The van der Waals surface area contributed by atoms with E-state index in [0.717, 1.165) is 11.1 Å². The summed E-state index contributed by atoms with van der Waals surface area (Å²) in [5, 5.41) is 2.80. The summed E-state index contributed by atoms with van der Waals surface area (Å²) >= 11 is 0. The molecule has 6 heteroatoms. The van der Waals surface area contributed by atoms with Gasteiger partial charge in [-0.05, 0) is 37.1 Å². The normalized spacial score (nSPS) is 19.6. The predicted octanol–water partition coefficient (Wildman–Crippen LogP) is 3.50. The first-order valence-electron chi connectivity index (χ1n) is 8.45. The Hall–Kier alpha value is -2.89. The number of hydrogen-bond donors (Lipinski definition) is 1. The third-order valence-electron chi connectivity index (χ3n) is 4.81. The quantitative estimate of drug-likeness (QED) is 0.834. The van der Waals surface area contributed by atoms with Crippen LogP contribution in [0.5, 0.6) is 5.75 Å². The minimum absolute atomic E-state index is 0.110. The van der Waals surface area contributed by atoms with Crippen molar-refractivity contribution in [2.75, 3.05) is 7.11 Å². The molecule has 1 unspecified atom stereocenters. The van der Waals surface area contributed by atoms with Gasteiger partial charge in [0.1, 0.15) is 17.1 Å². The Kier molecular flexibility index (Phi) is 4.68. The smallest absolute Gasteiger partial charge is 0.325 e. The molecule has 1 fully saturated rings. The molecule has 1 saturated heterocycles. The molecule has 1 heterocycles. The second kappa shape index (κ2) is 6.78. The number of amides is 3. The van der Waals surface area contributed by atoms with Crippen molar-refractivity contribution in [2.24, 2.45) is 0 Å². The molecule has 1 aliphatic heterocycles. The molecule has 3 amide bonds. The lowest BCUT2D eigenvalue weighted by Crippen LogP contribution is -2.43. The molecule has 1 N–H and O–H groups in total. The third-order valence-corrected chi connectivity index (χ3v) is 4.81. The van der Waals surface area contributed by atoms with Crippen molar-refractivity contribution in [3.63, 3.8) is 0 Å². The minimum atomic E-state index is -1.18. The Bertz CT molecular complexity index is 851. The SMILES string of the molecule is CCC1(c2ccc(F)cc2)NC(=O)N(Cc2cc(C)ccc2OC)C1=O. The average molecular weight is 356 g/mol. The highest BCUT2D eigenvalue weighted by Crippen LogP contribution is 2.34. The maximum absolute atomic E-state index is 13.3. The highest BCUT2D eigenvalue weighted by Gasteiger charge is 2.51. The zero-order chi connectivity index (χ0) is 18.9. The molecule has 136 valence electrons. The fourth-order valence-corrected chi connectivity index (χ4v) is 3.34. The van der Waals surface area contributed by atoms with Gasteiger partial charge in [-0.1, -0.05) is 36.8 Å². The minimum Gasteiger partial charge on any atom is -0.496 e. The molecule has 0 bridgehead atoms. The van der Waals surface area contributed by atoms with Gasteiger partial charge in [0.25, 0.3) is 5.91 Å². The van der Waals surface area contributed by atoms with Crippen molar-refractivity contribution >= 4 is 11.9 Å². The van der Waals surface area contributed by atoms with Crippen LogP contribution in [0.25, 0.3) is 0 Å². The van der Waals surface area contributed by atoms with Crippen molar-refractivity contribution in [1.82, 2.24) is 10.2 Å². The number of ether oxygens (including phenoxy) is 1. The van der Waals surface area contributed by atoms with Gasteiger partial charge < -0.3 is 10.1 Å². The molecule has 0 spiro atoms. The van der Waals surface area contributed by atoms with E-state index in [1.807, 2.05) is 32.0 Å². The van der Waals surface area contributed by atoms with E-state index in [2.05, 4.69) is 5.32 Å². The molecule has 1 aliphatic rings. The van der Waals surface area contributed by atoms with Gasteiger partial charge in [0, 0.05) is 5.56 Å². The summed E-state index contributed by atoms with van der Waals surface area (Å²) in [7, 11) is 1.55. The Morgan fingerprint density at radius 1 is 1.15 bits per heavy atom. The molecule has 5 nitrogen and oxygen atoms in total. The number of carbonyl (C=O) groups is 2. The van der Waals surface area contributed by atoms with Crippen molar-refractivity contribution in [3.8, 4) is 5.75 Å². The Morgan fingerprint density at radius 3 is 2.46 bits per heavy atom. The number of benzene rings is 2. The molecule has 1 atom stereocenters. The number of urea groups is 1. The zero-order valence-electron chi connectivity index (χ0n) is 15.0. The van der Waals surface area contributed by atoms with E-state index in [0.29, 0.717) is 17.7 Å². The monoisotopic (exact) mass is 356 g/mol. The molecule has 0 aliphatic carbocycles. The van der Waals surface area contributed by atoms with Crippen LogP contribution in [0.1, 0.15) is 30.0 Å². The molecular weight excluding hydrogens is 335 g/mol. The molecule has 3 rings (SSSR count). The number of carbonyl (C=O) groups excluding carboxylic acids is 2. The highest BCUT2D eigenvalue weighted by molar-refractivity contribution is 6.07. The maximum Gasteiger partial charge on any atom is 0.325 e. The van der Waals surface area contributed by atoms with Gasteiger partial charge in [-0.3, -0.25) is 9.69 Å². The van der Waals surface area contributed by atoms with Gasteiger partial charge in [0.05, 0.1) is 13.7 Å². The summed E-state index contributed by atoms with van der Waals surface area (Å²) in [4.78, 5) is 26.9. The van der Waals surface area contributed by atoms with Gasteiger partial charge in [-0.2, -0.15) is 0 Å². The summed E-state index contributed by atoms with van der Waals surface area (Å²) in [5.41, 5.74) is 1.15. The van der Waals surface area contributed by atoms with E-state index in [-0.39, 0.29) is 12.5 Å². The summed E-state index contributed by atoms with van der Waals surface area (Å²) < 4.78 is 18.6. The van der Waals surface area contributed by atoms with E-state index >= 15 is 0 Å². The van der Waals surface area contributed by atoms with Gasteiger partial charge in [-0.15, -0.1) is 0 Å². The molecule has 2 aromatic carbocycles. The number of imide groups is 1. The molecule has 0 radical (unpaired) electrons. The van der Waals surface area contributed by atoms with Crippen molar-refractivity contribution in [1.29, 1.82) is 0 Å². The number of rotatable bonds is 5. The predicted molar refractivity (Wildman–Crippen MR) is 95.2 cm³/mol. The number of nitrogens with one attached hydrogen (secondary N) is 1. The zero-order valence-corrected chi connectivity index (χ0v) is 15.0. The first-order valence-corrected chi connectivity index (χ1v) is 8.45. The van der Waals surface area contributed by atoms with E-state index < -0.39 is 17.4 Å². The molecule has 2 aromatic rings. The second-order valence-corrected chi connectivity index (χ2v) is 6.40. The largest absolute Gasteiger partial charge is 0.496 e. The molecule has 0 aromatic heterocycles. The number of methoxy groups -OCH3 is 1. The van der Waals surface area contributed by atoms with Crippen LogP contribution in [0.3, 0.4) is 0 Å². The number of halogens is 1. The summed E-state index contributed by atoms with van der Waals surface area (Å²) in [5.74, 6) is -0.120. The number of aryl methyl sites for hydroxylation is 1.